The van der Waals surface area contributed by atoms with Crippen molar-refractivity contribution in [3.05, 3.63) is 0 Å². The zero-order chi connectivity index (χ0) is 31.9. The van der Waals surface area contributed by atoms with Crippen LogP contribution >= 0.6 is 0 Å². The van der Waals surface area contributed by atoms with Crippen molar-refractivity contribution in [1.82, 2.24) is 0 Å². The second-order valence-corrected chi connectivity index (χ2v) is 7.46. The van der Waals surface area contributed by atoms with E-state index < -0.39 is 84.9 Å². The monoisotopic (exact) mass is 642 g/mol. The number of hydrogen-bond acceptors (Lipinski definition) is 2. The molecular formula is C14H5F23O2. The molecule has 39 heavy (non-hydrogen) atoms. The van der Waals surface area contributed by atoms with Crippen molar-refractivity contribution in [2.24, 2.45) is 0 Å². The molecule has 25 heteroatoms. The van der Waals surface area contributed by atoms with E-state index in [-0.39, 0.29) is 0 Å². The zero-order valence-electron chi connectivity index (χ0n) is 17.0. The van der Waals surface area contributed by atoms with E-state index in [4.69, 9.17) is 0 Å². The summed E-state index contributed by atoms with van der Waals surface area (Å²) in [5.74, 6) is -63.9. The van der Waals surface area contributed by atoms with Crippen LogP contribution in [-0.2, 0) is 9.47 Å². The predicted molar refractivity (Wildman–Crippen MR) is 71.2 cm³/mol. The maximum absolute atomic E-state index is 13.6. The van der Waals surface area contributed by atoms with Gasteiger partial charge in [0.05, 0.1) is 13.2 Å². The summed E-state index contributed by atoms with van der Waals surface area (Å²) in [6.07, 6.45) is -25.8. The maximum Gasteiger partial charge on any atom is 0.438 e. The molecular weight excluding hydrogens is 637 g/mol. The number of rotatable bonds is 11. The number of alkyl halides is 23. The second-order valence-electron chi connectivity index (χ2n) is 7.46. The first kappa shape index (κ1) is 35.3. The first-order valence-corrected chi connectivity index (χ1v) is 8.68. The molecule has 0 amide bonds. The number of epoxide rings is 1. The largest absolute Gasteiger partial charge is 0.438 e. The van der Waals surface area contributed by atoms with Crippen LogP contribution in [0.2, 0.25) is 0 Å². The van der Waals surface area contributed by atoms with Crippen LogP contribution in [0.1, 0.15) is 0 Å². The van der Waals surface area contributed by atoms with E-state index in [1.807, 2.05) is 0 Å². The smallest absolute Gasteiger partial charge is 0.371 e. The van der Waals surface area contributed by atoms with Gasteiger partial charge in [-0.3, -0.25) is 0 Å². The summed E-state index contributed by atoms with van der Waals surface area (Å²) in [5.41, 5.74) is -9.02. The second kappa shape index (κ2) is 8.90. The normalized spacial score (nSPS) is 19.9. The highest BCUT2D eigenvalue weighted by atomic mass is 19.4. The van der Waals surface area contributed by atoms with Crippen LogP contribution in [0.25, 0.3) is 0 Å². The first-order valence-electron chi connectivity index (χ1n) is 8.68. The van der Waals surface area contributed by atoms with E-state index in [0.29, 0.717) is 0 Å². The Kier molecular flexibility index (Phi) is 8.07. The fourth-order valence-corrected chi connectivity index (χ4v) is 2.35. The summed E-state index contributed by atoms with van der Waals surface area (Å²) in [4.78, 5) is 0. The van der Waals surface area contributed by atoms with Crippen LogP contribution in [0.5, 0.6) is 0 Å². The summed E-state index contributed by atoms with van der Waals surface area (Å²) in [7, 11) is 0. The van der Waals surface area contributed by atoms with Crippen LogP contribution < -0.4 is 0 Å². The lowest BCUT2D eigenvalue weighted by Crippen LogP contribution is -2.79. The molecule has 1 unspecified atom stereocenters. The van der Waals surface area contributed by atoms with Gasteiger partial charge in [0.2, 0.25) is 0 Å². The van der Waals surface area contributed by atoms with Gasteiger partial charge in [0.25, 0.3) is 0 Å². The van der Waals surface area contributed by atoms with Crippen molar-refractivity contribution < 1.29 is 110 Å². The highest BCUT2D eigenvalue weighted by molar-refractivity contribution is 5.20. The van der Waals surface area contributed by atoms with Gasteiger partial charge in [-0.05, 0) is 0 Å². The Hall–Kier alpha value is -1.69. The molecule has 1 fully saturated rings. The average molecular weight is 642 g/mol. The van der Waals surface area contributed by atoms with Crippen molar-refractivity contribution in [2.45, 2.75) is 71.7 Å². The number of hydrogen-bond donors (Lipinski definition) is 0. The molecule has 1 heterocycles. The summed E-state index contributed by atoms with van der Waals surface area (Å²) >= 11 is 0. The SMILES string of the molecule is FC(F)(F)C(F)(C(F)(F)F)C(F)(F)C(F)(F)C(F)(F)C(F)(F)C(F)(F)C(F)(F)C(F)(F)C(F)(F)OCC1CO1. The van der Waals surface area contributed by atoms with Crippen LogP contribution in [0.4, 0.5) is 101 Å². The summed E-state index contributed by atoms with van der Waals surface area (Å²) in [6.45, 7) is -2.58. The topological polar surface area (TPSA) is 21.8 Å². The summed E-state index contributed by atoms with van der Waals surface area (Å²) in [5, 5.41) is 0. The molecule has 0 bridgehead atoms. The van der Waals surface area contributed by atoms with E-state index in [1.54, 1.807) is 0 Å². The molecule has 1 saturated heterocycles. The van der Waals surface area contributed by atoms with E-state index in [0.717, 1.165) is 0 Å². The molecule has 0 saturated carbocycles. The van der Waals surface area contributed by atoms with Crippen molar-refractivity contribution in [3.8, 4) is 0 Å². The molecule has 0 radical (unpaired) electrons. The zero-order valence-corrected chi connectivity index (χ0v) is 17.0. The third kappa shape index (κ3) is 4.51. The molecule has 1 aliphatic rings. The molecule has 234 valence electrons. The van der Waals surface area contributed by atoms with Crippen molar-refractivity contribution in [2.75, 3.05) is 13.2 Å². The fourth-order valence-electron chi connectivity index (χ4n) is 2.35. The molecule has 1 aliphatic heterocycles. The van der Waals surface area contributed by atoms with Gasteiger partial charge >= 0.3 is 65.6 Å². The quantitative estimate of drug-likeness (QED) is 0.175. The van der Waals surface area contributed by atoms with Crippen LogP contribution in [0.15, 0.2) is 0 Å². The Morgan fingerprint density at radius 1 is 0.436 bits per heavy atom. The molecule has 2 nitrogen and oxygen atoms in total. The number of halogens is 23. The van der Waals surface area contributed by atoms with Gasteiger partial charge in [-0.25, -0.2) is 4.39 Å². The molecule has 0 aromatic rings. The van der Waals surface area contributed by atoms with Gasteiger partial charge in [-0.15, -0.1) is 0 Å². The highest BCUT2D eigenvalue weighted by Crippen LogP contribution is 2.67. The molecule has 0 aliphatic carbocycles. The Morgan fingerprint density at radius 2 is 0.692 bits per heavy atom. The molecule has 1 rings (SSSR count). The van der Waals surface area contributed by atoms with Gasteiger partial charge in [0.15, 0.2) is 0 Å². The van der Waals surface area contributed by atoms with Crippen LogP contribution in [0.3, 0.4) is 0 Å². The predicted octanol–water partition coefficient (Wildman–Crippen LogP) is 7.27. The summed E-state index contributed by atoms with van der Waals surface area (Å²) in [6, 6.07) is 0. The van der Waals surface area contributed by atoms with Gasteiger partial charge < -0.3 is 9.47 Å². The minimum absolute atomic E-state index is 0.645. The molecule has 1 atom stereocenters. The minimum Gasteiger partial charge on any atom is -0.371 e. The Labute approximate surface area is 197 Å². The van der Waals surface area contributed by atoms with E-state index in [2.05, 4.69) is 9.47 Å². The lowest BCUT2D eigenvalue weighted by atomic mass is 9.83. The third-order valence-electron chi connectivity index (χ3n) is 4.80. The van der Waals surface area contributed by atoms with Crippen LogP contribution in [-0.4, -0.2) is 84.9 Å². The Morgan fingerprint density at radius 3 is 0.949 bits per heavy atom. The lowest BCUT2D eigenvalue weighted by Gasteiger charge is -2.45. The van der Waals surface area contributed by atoms with Crippen molar-refractivity contribution in [3.63, 3.8) is 0 Å². The third-order valence-corrected chi connectivity index (χ3v) is 4.80. The van der Waals surface area contributed by atoms with E-state index in [9.17, 15) is 101 Å². The van der Waals surface area contributed by atoms with Gasteiger partial charge in [0, 0.05) is 0 Å². The fraction of sp³-hybridized carbons (Fsp3) is 1.00. The summed E-state index contributed by atoms with van der Waals surface area (Å²) < 4.78 is 310. The molecule has 0 aromatic heterocycles. The average Bonchev–Trinajstić information content (AvgIpc) is 3.53. The Balaban J connectivity index is 3.78. The first-order chi connectivity index (χ1) is 16.6. The molecule has 0 aromatic carbocycles. The lowest BCUT2D eigenvalue weighted by molar-refractivity contribution is -0.489. The standard InChI is InChI=1S/C14H5F23O2/c15-4(12(30,31)32,13(33,34)35)5(16,17)6(18,19)7(20,21)8(22,23)9(24,25)10(26,27)11(28,29)14(36,37)39-2-3-1-38-3/h3H,1-2H2. The highest BCUT2D eigenvalue weighted by Gasteiger charge is 3.00. The van der Waals surface area contributed by atoms with Crippen LogP contribution in [0, 0.1) is 0 Å². The molecule has 0 spiro atoms. The van der Waals surface area contributed by atoms with Gasteiger partial charge in [-0.1, -0.05) is 0 Å². The van der Waals surface area contributed by atoms with E-state index >= 15 is 0 Å². The number of ether oxygens (including phenoxy) is 2. The van der Waals surface area contributed by atoms with Crippen molar-refractivity contribution in [1.29, 1.82) is 0 Å². The maximum atomic E-state index is 13.6. The Bertz CT molecular complexity index is 879. The van der Waals surface area contributed by atoms with Gasteiger partial charge in [0.1, 0.15) is 6.10 Å². The van der Waals surface area contributed by atoms with E-state index in [1.165, 1.54) is 0 Å². The molecule has 0 N–H and O–H groups in total. The van der Waals surface area contributed by atoms with Crippen molar-refractivity contribution >= 4 is 0 Å². The van der Waals surface area contributed by atoms with Gasteiger partial charge in [-0.2, -0.15) is 96.6 Å². The minimum atomic E-state index is -9.47.